The van der Waals surface area contributed by atoms with Crippen LogP contribution in [-0.4, -0.2) is 0 Å². The largest absolute Gasteiger partial charge is 0.0736 e. The fraction of sp³-hybridized carbons (Fsp3) is 0.0400. The first-order valence-corrected chi connectivity index (χ1v) is 11.2. The van der Waals surface area contributed by atoms with Gasteiger partial charge in [-0.2, -0.15) is 0 Å². The summed E-state index contributed by atoms with van der Waals surface area (Å²) >= 11 is 5.04. The topological polar surface area (TPSA) is 0 Å². The Hall–Kier alpha value is -1.66. The molecule has 0 aromatic heterocycles. The number of benzene rings is 4. The van der Waals surface area contributed by atoms with Crippen LogP contribution in [0.2, 0.25) is 0 Å². The highest BCUT2D eigenvalue weighted by atomic mass is 127. The highest BCUT2D eigenvalue weighted by molar-refractivity contribution is 14.1. The summed E-state index contributed by atoms with van der Waals surface area (Å²) in [6, 6.07) is 31.5. The van der Waals surface area contributed by atoms with Crippen molar-refractivity contribution in [2.24, 2.45) is 0 Å². The van der Waals surface area contributed by atoms with Crippen LogP contribution in [0.3, 0.4) is 0 Å². The van der Waals surface area contributed by atoms with Gasteiger partial charge in [0.05, 0.1) is 5.41 Å². The first-order chi connectivity index (χ1) is 13.2. The van der Waals surface area contributed by atoms with Gasteiger partial charge < -0.3 is 0 Å². The van der Waals surface area contributed by atoms with E-state index in [0.717, 1.165) is 0 Å². The van der Waals surface area contributed by atoms with Crippen molar-refractivity contribution in [3.63, 3.8) is 0 Å². The van der Waals surface area contributed by atoms with E-state index < -0.39 is 0 Å². The van der Waals surface area contributed by atoms with Crippen molar-refractivity contribution in [3.8, 4) is 22.3 Å². The molecule has 2 aliphatic carbocycles. The summed E-state index contributed by atoms with van der Waals surface area (Å²) in [5.41, 5.74) is 11.0. The van der Waals surface area contributed by atoms with Crippen LogP contribution < -0.4 is 0 Å². The normalized spacial score (nSPS) is 14.6. The summed E-state index contributed by atoms with van der Waals surface area (Å²) in [6.07, 6.45) is 0. The van der Waals surface area contributed by atoms with Crippen LogP contribution in [0.15, 0.2) is 84.9 Å². The van der Waals surface area contributed by atoms with Crippen molar-refractivity contribution in [1.82, 2.24) is 0 Å². The highest BCUT2D eigenvalue weighted by Crippen LogP contribution is 2.63. The first kappa shape index (κ1) is 16.3. The summed E-state index contributed by atoms with van der Waals surface area (Å²) in [4.78, 5) is 0. The van der Waals surface area contributed by atoms with Gasteiger partial charge in [0, 0.05) is 7.14 Å². The lowest BCUT2D eigenvalue weighted by Crippen LogP contribution is -2.27. The molecule has 0 bridgehead atoms. The maximum atomic E-state index is 2.56. The minimum Gasteiger partial charge on any atom is -0.0619 e. The van der Waals surface area contributed by atoms with Gasteiger partial charge in [-0.1, -0.05) is 78.9 Å². The van der Waals surface area contributed by atoms with E-state index in [1.807, 2.05) is 0 Å². The average Bonchev–Trinajstić information content (AvgIpc) is 3.18. The molecular weight excluding hydrogens is 554 g/mol. The van der Waals surface area contributed by atoms with Crippen LogP contribution in [0.4, 0.5) is 0 Å². The number of hydrogen-bond donors (Lipinski definition) is 0. The number of hydrogen-bond acceptors (Lipinski definition) is 0. The molecule has 2 heteroatoms. The number of halogens is 2. The molecular formula is C25H14I2. The summed E-state index contributed by atoms with van der Waals surface area (Å²) in [5.74, 6) is 0. The van der Waals surface area contributed by atoms with Crippen LogP contribution in [0, 0.1) is 7.14 Å². The third kappa shape index (κ3) is 1.88. The molecule has 0 fully saturated rings. The van der Waals surface area contributed by atoms with E-state index in [0.29, 0.717) is 0 Å². The molecule has 0 saturated heterocycles. The van der Waals surface area contributed by atoms with E-state index >= 15 is 0 Å². The molecule has 0 amide bonds. The summed E-state index contributed by atoms with van der Waals surface area (Å²) in [6.45, 7) is 0. The van der Waals surface area contributed by atoms with Gasteiger partial charge in [0.15, 0.2) is 0 Å². The highest BCUT2D eigenvalue weighted by Gasteiger charge is 2.52. The molecule has 1 spiro atoms. The predicted octanol–water partition coefficient (Wildman–Crippen LogP) is 7.24. The van der Waals surface area contributed by atoms with E-state index in [9.17, 15) is 0 Å². The Labute approximate surface area is 185 Å². The van der Waals surface area contributed by atoms with Crippen molar-refractivity contribution < 1.29 is 0 Å². The van der Waals surface area contributed by atoms with Gasteiger partial charge in [-0.05, 0) is 95.8 Å². The third-order valence-electron chi connectivity index (χ3n) is 6.04. The molecule has 6 rings (SSSR count). The SMILES string of the molecule is Ic1ccc2c(c1I)C1(c3ccccc3-c3ccccc31)c1ccccc1-2. The maximum absolute atomic E-state index is 2.56. The molecule has 0 radical (unpaired) electrons. The Morgan fingerprint density at radius 2 is 0.926 bits per heavy atom. The number of rotatable bonds is 0. The van der Waals surface area contributed by atoms with E-state index in [1.54, 1.807) is 0 Å². The zero-order valence-electron chi connectivity index (χ0n) is 14.3. The second kappa shape index (κ2) is 5.67. The lowest BCUT2D eigenvalue weighted by Gasteiger charge is -2.31. The Kier molecular flexibility index (Phi) is 3.43. The lowest BCUT2D eigenvalue weighted by atomic mass is 9.70. The van der Waals surface area contributed by atoms with Crippen LogP contribution in [-0.2, 0) is 5.41 Å². The molecule has 0 heterocycles. The molecule has 4 aromatic carbocycles. The van der Waals surface area contributed by atoms with Crippen molar-refractivity contribution in [3.05, 3.63) is 114 Å². The second-order valence-corrected chi connectivity index (χ2v) is 9.41. The third-order valence-corrected chi connectivity index (χ3v) is 9.09. The van der Waals surface area contributed by atoms with Crippen molar-refractivity contribution in [1.29, 1.82) is 0 Å². The van der Waals surface area contributed by atoms with Gasteiger partial charge >= 0.3 is 0 Å². The van der Waals surface area contributed by atoms with Gasteiger partial charge in [-0.15, -0.1) is 0 Å². The van der Waals surface area contributed by atoms with E-state index in [-0.39, 0.29) is 5.41 Å². The molecule has 0 atom stereocenters. The fourth-order valence-corrected chi connectivity index (χ4v) is 6.44. The Bertz CT molecular complexity index is 1190. The smallest absolute Gasteiger partial charge is 0.0619 e. The summed E-state index contributed by atoms with van der Waals surface area (Å²) in [5, 5.41) is 0. The lowest BCUT2D eigenvalue weighted by molar-refractivity contribution is 0.787. The van der Waals surface area contributed by atoms with E-state index in [1.165, 1.54) is 51.6 Å². The molecule has 0 saturated carbocycles. The van der Waals surface area contributed by atoms with Gasteiger partial charge in [-0.25, -0.2) is 0 Å². The molecule has 0 N–H and O–H groups in total. The van der Waals surface area contributed by atoms with Gasteiger partial charge in [0.2, 0.25) is 0 Å². The fourth-order valence-electron chi connectivity index (χ4n) is 5.12. The zero-order chi connectivity index (χ0) is 18.2. The van der Waals surface area contributed by atoms with E-state index in [2.05, 4.69) is 130 Å². The molecule has 128 valence electrons. The molecule has 0 aliphatic heterocycles. The Balaban J connectivity index is 1.90. The van der Waals surface area contributed by atoms with Crippen molar-refractivity contribution >= 4 is 45.2 Å². The second-order valence-electron chi connectivity index (χ2n) is 7.17. The standard InChI is InChI=1S/C25H14I2/c26-22-14-13-18-17-9-3-6-12-21(17)25(23(18)24(22)27)19-10-4-1-7-15(19)16-8-2-5-11-20(16)25/h1-14H. The molecule has 27 heavy (non-hydrogen) atoms. The molecule has 4 aromatic rings. The van der Waals surface area contributed by atoms with Crippen LogP contribution in [0.25, 0.3) is 22.3 Å². The van der Waals surface area contributed by atoms with Crippen molar-refractivity contribution in [2.75, 3.05) is 0 Å². The predicted molar refractivity (Wildman–Crippen MR) is 128 cm³/mol. The minimum atomic E-state index is -0.211. The van der Waals surface area contributed by atoms with E-state index in [4.69, 9.17) is 0 Å². The molecule has 0 nitrogen and oxygen atoms in total. The zero-order valence-corrected chi connectivity index (χ0v) is 18.7. The van der Waals surface area contributed by atoms with Gasteiger partial charge in [-0.3, -0.25) is 0 Å². The number of fused-ring (bicyclic) bond motifs is 10. The first-order valence-electron chi connectivity index (χ1n) is 9.02. The minimum absolute atomic E-state index is 0.211. The maximum Gasteiger partial charge on any atom is 0.0736 e. The van der Waals surface area contributed by atoms with Crippen LogP contribution in [0.5, 0.6) is 0 Å². The van der Waals surface area contributed by atoms with Crippen LogP contribution in [0.1, 0.15) is 22.3 Å². The van der Waals surface area contributed by atoms with Gasteiger partial charge in [0.25, 0.3) is 0 Å². The Morgan fingerprint density at radius 3 is 1.44 bits per heavy atom. The molecule has 0 unspecified atom stereocenters. The average molecular weight is 568 g/mol. The van der Waals surface area contributed by atoms with Gasteiger partial charge in [0.1, 0.15) is 0 Å². The van der Waals surface area contributed by atoms with Crippen LogP contribution >= 0.6 is 45.2 Å². The summed E-state index contributed by atoms with van der Waals surface area (Å²) < 4.78 is 2.69. The van der Waals surface area contributed by atoms with Crippen molar-refractivity contribution in [2.45, 2.75) is 5.41 Å². The monoisotopic (exact) mass is 568 g/mol. The Morgan fingerprint density at radius 1 is 0.481 bits per heavy atom. The quantitative estimate of drug-likeness (QED) is 0.170. The summed E-state index contributed by atoms with van der Waals surface area (Å²) in [7, 11) is 0. The molecule has 2 aliphatic rings.